The second kappa shape index (κ2) is 8.08. The summed E-state index contributed by atoms with van der Waals surface area (Å²) in [5.41, 5.74) is 1.19. The summed E-state index contributed by atoms with van der Waals surface area (Å²) in [5.74, 6) is 0. The predicted molar refractivity (Wildman–Crippen MR) is 71.1 cm³/mol. The highest BCUT2D eigenvalue weighted by atomic mass is 79.9. The highest BCUT2D eigenvalue weighted by Crippen LogP contribution is 2.11. The van der Waals surface area contributed by atoms with Gasteiger partial charge in [-0.25, -0.2) is 4.79 Å². The zero-order valence-corrected chi connectivity index (χ0v) is 11.4. The van der Waals surface area contributed by atoms with E-state index in [9.17, 15) is 4.79 Å². The van der Waals surface area contributed by atoms with Crippen molar-refractivity contribution in [2.24, 2.45) is 0 Å². The van der Waals surface area contributed by atoms with Crippen LogP contribution in [0.5, 0.6) is 0 Å². The first-order chi connectivity index (χ1) is 8.22. The molecule has 0 spiro atoms. The quantitative estimate of drug-likeness (QED) is 0.789. The van der Waals surface area contributed by atoms with Gasteiger partial charge in [0.05, 0.1) is 6.61 Å². The van der Waals surface area contributed by atoms with Gasteiger partial charge >= 0.3 is 6.03 Å². The lowest BCUT2D eigenvalue weighted by molar-refractivity contribution is 0.196. The Morgan fingerprint density at radius 3 is 2.82 bits per heavy atom. The summed E-state index contributed by atoms with van der Waals surface area (Å²) in [5, 5.41) is 5.49. The minimum atomic E-state index is -0.156. The maximum absolute atomic E-state index is 11.3. The van der Waals surface area contributed by atoms with Gasteiger partial charge in [-0.1, -0.05) is 28.1 Å². The van der Waals surface area contributed by atoms with E-state index in [-0.39, 0.29) is 6.03 Å². The van der Waals surface area contributed by atoms with E-state index >= 15 is 0 Å². The van der Waals surface area contributed by atoms with E-state index in [0.717, 1.165) is 10.9 Å². The molecule has 0 aromatic heterocycles. The molecule has 0 fully saturated rings. The van der Waals surface area contributed by atoms with E-state index in [1.54, 1.807) is 7.11 Å². The highest BCUT2D eigenvalue weighted by Gasteiger charge is 1.99. The van der Waals surface area contributed by atoms with Crippen LogP contribution in [-0.4, -0.2) is 32.8 Å². The minimum Gasteiger partial charge on any atom is -0.383 e. The number of benzene rings is 1. The molecule has 0 aliphatic heterocycles. The van der Waals surface area contributed by atoms with Crippen molar-refractivity contribution in [1.29, 1.82) is 0 Å². The van der Waals surface area contributed by atoms with Crippen LogP contribution < -0.4 is 10.6 Å². The third-order valence-corrected chi connectivity index (χ3v) is 2.67. The number of carbonyl (C=O) groups excluding carboxylic acids is 1. The second-order valence-electron chi connectivity index (χ2n) is 3.56. The number of methoxy groups -OCH3 is 1. The van der Waals surface area contributed by atoms with E-state index in [4.69, 9.17) is 4.74 Å². The Hall–Kier alpha value is -1.07. The fourth-order valence-electron chi connectivity index (χ4n) is 1.34. The molecule has 94 valence electrons. The molecule has 4 nitrogen and oxygen atoms in total. The number of hydrogen-bond acceptors (Lipinski definition) is 2. The third-order valence-electron chi connectivity index (χ3n) is 2.18. The first-order valence-corrected chi connectivity index (χ1v) is 6.27. The van der Waals surface area contributed by atoms with Crippen LogP contribution in [0, 0.1) is 0 Å². The van der Waals surface area contributed by atoms with E-state index in [2.05, 4.69) is 26.6 Å². The molecule has 2 amide bonds. The van der Waals surface area contributed by atoms with Crippen molar-refractivity contribution < 1.29 is 9.53 Å². The fourth-order valence-corrected chi connectivity index (χ4v) is 1.79. The van der Waals surface area contributed by atoms with Crippen molar-refractivity contribution in [3.8, 4) is 0 Å². The van der Waals surface area contributed by atoms with Crippen LogP contribution >= 0.6 is 15.9 Å². The number of ether oxygens (including phenoxy) is 1. The Morgan fingerprint density at radius 1 is 1.35 bits per heavy atom. The van der Waals surface area contributed by atoms with Crippen molar-refractivity contribution in [2.75, 3.05) is 26.8 Å². The lowest BCUT2D eigenvalue weighted by Gasteiger charge is -2.07. The summed E-state index contributed by atoms with van der Waals surface area (Å²) in [6.45, 7) is 1.67. The standard InChI is InChI=1S/C12H17BrN2O2/c1-17-8-7-15-12(16)14-6-5-10-3-2-4-11(13)9-10/h2-4,9H,5-8H2,1H3,(H2,14,15,16). The van der Waals surface area contributed by atoms with Crippen LogP contribution in [0.25, 0.3) is 0 Å². The lowest BCUT2D eigenvalue weighted by Crippen LogP contribution is -2.38. The minimum absolute atomic E-state index is 0.156. The second-order valence-corrected chi connectivity index (χ2v) is 4.47. The van der Waals surface area contributed by atoms with Crippen molar-refractivity contribution >= 4 is 22.0 Å². The highest BCUT2D eigenvalue weighted by molar-refractivity contribution is 9.10. The molecule has 0 aliphatic rings. The molecule has 0 saturated carbocycles. The normalized spacial score (nSPS) is 10.0. The number of hydrogen-bond donors (Lipinski definition) is 2. The van der Waals surface area contributed by atoms with Crippen LogP contribution in [0.1, 0.15) is 5.56 Å². The number of amides is 2. The molecule has 0 bridgehead atoms. The van der Waals surface area contributed by atoms with Crippen molar-refractivity contribution in [2.45, 2.75) is 6.42 Å². The first kappa shape index (κ1) is 14.0. The average molecular weight is 301 g/mol. The monoisotopic (exact) mass is 300 g/mol. The maximum atomic E-state index is 11.3. The smallest absolute Gasteiger partial charge is 0.314 e. The largest absolute Gasteiger partial charge is 0.383 e. The Labute approximate surface area is 110 Å². The molecule has 0 heterocycles. The zero-order valence-electron chi connectivity index (χ0n) is 9.83. The van der Waals surface area contributed by atoms with Gasteiger partial charge in [0, 0.05) is 24.7 Å². The van der Waals surface area contributed by atoms with Gasteiger partial charge in [-0.3, -0.25) is 0 Å². The van der Waals surface area contributed by atoms with Gasteiger partial charge in [0.15, 0.2) is 0 Å². The Balaban J connectivity index is 2.17. The Morgan fingerprint density at radius 2 is 2.12 bits per heavy atom. The molecule has 2 N–H and O–H groups in total. The van der Waals surface area contributed by atoms with Gasteiger partial charge in [-0.15, -0.1) is 0 Å². The van der Waals surface area contributed by atoms with Gasteiger partial charge in [-0.05, 0) is 24.1 Å². The summed E-state index contributed by atoms with van der Waals surface area (Å²) in [6, 6.07) is 7.89. The van der Waals surface area contributed by atoms with Gasteiger partial charge < -0.3 is 15.4 Å². The van der Waals surface area contributed by atoms with Crippen LogP contribution in [-0.2, 0) is 11.2 Å². The fraction of sp³-hybridized carbons (Fsp3) is 0.417. The van der Waals surface area contributed by atoms with E-state index in [0.29, 0.717) is 19.7 Å². The van der Waals surface area contributed by atoms with Crippen LogP contribution in [0.3, 0.4) is 0 Å². The van der Waals surface area contributed by atoms with Crippen LogP contribution in [0.15, 0.2) is 28.7 Å². The number of rotatable bonds is 6. The molecule has 0 radical (unpaired) electrons. The Kier molecular flexibility index (Phi) is 6.65. The topological polar surface area (TPSA) is 50.4 Å². The summed E-state index contributed by atoms with van der Waals surface area (Å²) in [6.07, 6.45) is 0.817. The van der Waals surface area contributed by atoms with Crippen molar-refractivity contribution in [1.82, 2.24) is 10.6 Å². The molecule has 1 rings (SSSR count). The zero-order chi connectivity index (χ0) is 12.5. The van der Waals surface area contributed by atoms with Gasteiger partial charge in [0.1, 0.15) is 0 Å². The maximum Gasteiger partial charge on any atom is 0.314 e. The van der Waals surface area contributed by atoms with E-state index in [1.807, 2.05) is 24.3 Å². The van der Waals surface area contributed by atoms with Crippen LogP contribution in [0.4, 0.5) is 4.79 Å². The molecule has 1 aromatic carbocycles. The van der Waals surface area contributed by atoms with Gasteiger partial charge in [0.2, 0.25) is 0 Å². The molecule has 1 aromatic rings. The SMILES string of the molecule is COCCNC(=O)NCCc1cccc(Br)c1. The van der Waals surface area contributed by atoms with Gasteiger partial charge in [-0.2, -0.15) is 0 Å². The number of halogens is 1. The third kappa shape index (κ3) is 6.28. The molecule has 0 atom stereocenters. The summed E-state index contributed by atoms with van der Waals surface area (Å²) in [7, 11) is 1.60. The Bertz CT molecular complexity index is 358. The first-order valence-electron chi connectivity index (χ1n) is 5.47. The van der Waals surface area contributed by atoms with Crippen molar-refractivity contribution in [3.05, 3.63) is 34.3 Å². The predicted octanol–water partition coefficient (Wildman–Crippen LogP) is 1.94. The summed E-state index contributed by atoms with van der Waals surface area (Å²) in [4.78, 5) is 11.3. The summed E-state index contributed by atoms with van der Waals surface area (Å²) >= 11 is 3.41. The lowest BCUT2D eigenvalue weighted by atomic mass is 10.1. The number of carbonyl (C=O) groups is 1. The molecular formula is C12H17BrN2O2. The molecular weight excluding hydrogens is 284 g/mol. The molecule has 17 heavy (non-hydrogen) atoms. The van der Waals surface area contributed by atoms with Gasteiger partial charge in [0.25, 0.3) is 0 Å². The average Bonchev–Trinajstić information content (AvgIpc) is 2.29. The van der Waals surface area contributed by atoms with E-state index < -0.39 is 0 Å². The van der Waals surface area contributed by atoms with E-state index in [1.165, 1.54) is 5.56 Å². The van der Waals surface area contributed by atoms with Crippen LogP contribution in [0.2, 0.25) is 0 Å². The number of nitrogens with one attached hydrogen (secondary N) is 2. The van der Waals surface area contributed by atoms with Crippen molar-refractivity contribution in [3.63, 3.8) is 0 Å². The molecule has 0 unspecified atom stereocenters. The molecule has 0 aliphatic carbocycles. The molecule has 0 saturated heterocycles. The summed E-state index contributed by atoms with van der Waals surface area (Å²) < 4.78 is 5.89. The number of urea groups is 1. The molecule has 5 heteroatoms.